The number of nitrogens with zero attached hydrogens (tertiary/aromatic N) is 1. The number of carboxylic acid groups (broad SMARTS) is 1. The Bertz CT molecular complexity index is 881. The van der Waals surface area contributed by atoms with Crippen LogP contribution in [0.4, 0.5) is 0 Å². The van der Waals surface area contributed by atoms with E-state index in [0.717, 1.165) is 41.5 Å². The average molecular weight is 307 g/mol. The Kier molecular flexibility index (Phi) is 3.30. The number of benzene rings is 2. The van der Waals surface area contributed by atoms with Gasteiger partial charge in [0.05, 0.1) is 5.56 Å². The van der Waals surface area contributed by atoms with E-state index in [2.05, 4.69) is 4.57 Å². The summed E-state index contributed by atoms with van der Waals surface area (Å²) < 4.78 is 7.96. The van der Waals surface area contributed by atoms with Crippen LogP contribution < -0.4 is 4.74 Å². The van der Waals surface area contributed by atoms with Crippen LogP contribution in [0.25, 0.3) is 10.9 Å². The summed E-state index contributed by atoms with van der Waals surface area (Å²) in [5, 5.41) is 10.4. The number of rotatable bonds is 4. The van der Waals surface area contributed by atoms with Gasteiger partial charge in [-0.25, -0.2) is 4.79 Å². The second-order valence-corrected chi connectivity index (χ2v) is 5.84. The van der Waals surface area contributed by atoms with Crippen LogP contribution in [0, 0.1) is 0 Å². The van der Waals surface area contributed by atoms with E-state index in [1.165, 1.54) is 0 Å². The topological polar surface area (TPSA) is 51.5 Å². The minimum atomic E-state index is -0.856. The first-order chi connectivity index (χ1) is 11.2. The van der Waals surface area contributed by atoms with Gasteiger partial charge in [0.15, 0.2) is 0 Å². The fraction of sp³-hybridized carbons (Fsp3) is 0.211. The molecule has 1 aromatic heterocycles. The third-order valence-electron chi connectivity index (χ3n) is 4.40. The fourth-order valence-corrected chi connectivity index (χ4v) is 3.38. The van der Waals surface area contributed by atoms with Crippen LogP contribution in [0.15, 0.2) is 48.5 Å². The number of ether oxygens (including phenoxy) is 1. The van der Waals surface area contributed by atoms with Crippen molar-refractivity contribution in [1.82, 2.24) is 4.57 Å². The minimum absolute atomic E-state index is 0.433. The molecule has 0 unspecified atom stereocenters. The van der Waals surface area contributed by atoms with Crippen LogP contribution in [0.3, 0.4) is 0 Å². The van der Waals surface area contributed by atoms with E-state index in [4.69, 9.17) is 4.74 Å². The Morgan fingerprint density at radius 1 is 1.17 bits per heavy atom. The molecule has 0 bridgehead atoms. The highest BCUT2D eigenvalue weighted by atomic mass is 16.5. The summed E-state index contributed by atoms with van der Waals surface area (Å²) >= 11 is 0. The maximum absolute atomic E-state index is 11.7. The summed E-state index contributed by atoms with van der Waals surface area (Å²) in [4.78, 5) is 11.7. The number of aromatic nitrogens is 1. The summed E-state index contributed by atoms with van der Waals surface area (Å²) in [6.07, 6.45) is 1.84. The van der Waals surface area contributed by atoms with Gasteiger partial charge in [0.2, 0.25) is 0 Å². The van der Waals surface area contributed by atoms with Gasteiger partial charge in [-0.1, -0.05) is 30.3 Å². The van der Waals surface area contributed by atoms with E-state index in [1.807, 2.05) is 48.5 Å². The van der Waals surface area contributed by atoms with E-state index in [0.29, 0.717) is 17.9 Å². The van der Waals surface area contributed by atoms with Gasteiger partial charge < -0.3 is 14.4 Å². The van der Waals surface area contributed by atoms with Crippen molar-refractivity contribution in [2.75, 3.05) is 0 Å². The van der Waals surface area contributed by atoms with Crippen molar-refractivity contribution in [1.29, 1.82) is 0 Å². The van der Waals surface area contributed by atoms with Crippen LogP contribution in [0.5, 0.6) is 5.75 Å². The van der Waals surface area contributed by atoms with Crippen LogP contribution in [-0.2, 0) is 19.6 Å². The van der Waals surface area contributed by atoms with Gasteiger partial charge in [-0.3, -0.25) is 0 Å². The summed E-state index contributed by atoms with van der Waals surface area (Å²) in [7, 11) is 0. The average Bonchev–Trinajstić information content (AvgIpc) is 3.13. The summed E-state index contributed by atoms with van der Waals surface area (Å²) in [6, 6.07) is 15.7. The number of aryl methyl sites for hydroxylation is 1. The van der Waals surface area contributed by atoms with Crippen molar-refractivity contribution in [3.63, 3.8) is 0 Å². The zero-order valence-electron chi connectivity index (χ0n) is 12.7. The lowest BCUT2D eigenvalue weighted by atomic mass is 10.1. The zero-order valence-corrected chi connectivity index (χ0v) is 12.7. The zero-order chi connectivity index (χ0) is 15.8. The molecule has 0 saturated heterocycles. The molecule has 4 rings (SSSR count). The molecule has 1 aliphatic rings. The smallest absolute Gasteiger partial charge is 0.338 e. The number of carboxylic acids is 1. The highest BCUT2D eigenvalue weighted by Crippen LogP contribution is 2.33. The molecule has 0 amide bonds. The highest BCUT2D eigenvalue weighted by Gasteiger charge is 2.25. The number of aromatic carboxylic acids is 1. The molecular formula is C19H17NO3. The molecule has 1 N–H and O–H groups in total. The lowest BCUT2D eigenvalue weighted by Gasteiger charge is -2.07. The summed E-state index contributed by atoms with van der Waals surface area (Å²) in [6.45, 7) is 1.37. The lowest BCUT2D eigenvalue weighted by molar-refractivity contribution is 0.0698. The molecule has 4 heteroatoms. The summed E-state index contributed by atoms with van der Waals surface area (Å²) in [5.41, 5.74) is 3.45. The molecule has 3 aromatic rings. The van der Waals surface area contributed by atoms with Gasteiger partial charge in [-0.05, 0) is 36.6 Å². The Labute approximate surface area is 133 Å². The largest absolute Gasteiger partial charge is 0.489 e. The van der Waals surface area contributed by atoms with Crippen LogP contribution in [0.1, 0.15) is 28.0 Å². The summed E-state index contributed by atoms with van der Waals surface area (Å²) in [5.74, 6) is -0.154. The Morgan fingerprint density at radius 3 is 2.78 bits per heavy atom. The third-order valence-corrected chi connectivity index (χ3v) is 4.40. The van der Waals surface area contributed by atoms with Crippen molar-refractivity contribution in [2.24, 2.45) is 0 Å². The van der Waals surface area contributed by atoms with Crippen molar-refractivity contribution in [3.05, 3.63) is 65.4 Å². The van der Waals surface area contributed by atoms with Gasteiger partial charge in [-0.2, -0.15) is 0 Å². The number of fused-ring (bicyclic) bond motifs is 3. The predicted molar refractivity (Wildman–Crippen MR) is 88.0 cm³/mol. The Balaban J connectivity index is 1.70. The molecule has 0 atom stereocenters. The van der Waals surface area contributed by atoms with Gasteiger partial charge in [0, 0.05) is 23.1 Å². The quantitative estimate of drug-likeness (QED) is 0.796. The monoisotopic (exact) mass is 307 g/mol. The second kappa shape index (κ2) is 5.47. The Morgan fingerprint density at radius 2 is 2.00 bits per heavy atom. The van der Waals surface area contributed by atoms with E-state index >= 15 is 0 Å². The highest BCUT2D eigenvalue weighted by molar-refractivity contribution is 6.05. The number of carbonyl (C=O) groups is 1. The molecule has 0 spiro atoms. The third kappa shape index (κ3) is 2.36. The first kappa shape index (κ1) is 13.9. The molecule has 0 saturated carbocycles. The minimum Gasteiger partial charge on any atom is -0.489 e. The normalized spacial score (nSPS) is 13.2. The lowest BCUT2D eigenvalue weighted by Crippen LogP contribution is -2.00. The molecule has 2 heterocycles. The van der Waals surface area contributed by atoms with Crippen LogP contribution in [0.2, 0.25) is 0 Å². The molecule has 0 radical (unpaired) electrons. The molecule has 0 fully saturated rings. The first-order valence-corrected chi connectivity index (χ1v) is 7.79. The predicted octanol–water partition coefficient (Wildman–Crippen LogP) is 3.86. The number of hydrogen-bond donors (Lipinski definition) is 1. The molecule has 4 nitrogen and oxygen atoms in total. The standard InChI is InChI=1S/C19H17NO3/c21-19(22)18-15-11-14(23-12-13-5-2-1-3-6-13)8-9-16(15)20-10-4-7-17(18)20/h1-3,5-6,8-9,11H,4,7,10,12H2,(H,21,22). The number of hydrogen-bond acceptors (Lipinski definition) is 2. The van der Waals surface area contributed by atoms with E-state index in [-0.39, 0.29) is 0 Å². The van der Waals surface area contributed by atoms with Crippen molar-refractivity contribution >= 4 is 16.9 Å². The maximum atomic E-state index is 11.7. The molecule has 23 heavy (non-hydrogen) atoms. The van der Waals surface area contributed by atoms with Crippen LogP contribution >= 0.6 is 0 Å². The molecule has 0 aliphatic carbocycles. The van der Waals surface area contributed by atoms with E-state index in [1.54, 1.807) is 0 Å². The van der Waals surface area contributed by atoms with Crippen molar-refractivity contribution < 1.29 is 14.6 Å². The molecule has 2 aromatic carbocycles. The van der Waals surface area contributed by atoms with Gasteiger partial charge in [-0.15, -0.1) is 0 Å². The Hall–Kier alpha value is -2.75. The van der Waals surface area contributed by atoms with E-state index < -0.39 is 5.97 Å². The molecule has 1 aliphatic heterocycles. The SMILES string of the molecule is O=C(O)c1c2n(c3ccc(OCc4ccccc4)cc13)CCC2. The van der Waals surface area contributed by atoms with Crippen molar-refractivity contribution in [2.45, 2.75) is 26.0 Å². The van der Waals surface area contributed by atoms with E-state index in [9.17, 15) is 9.90 Å². The maximum Gasteiger partial charge on any atom is 0.338 e. The van der Waals surface area contributed by atoms with Crippen LogP contribution in [-0.4, -0.2) is 15.6 Å². The fourth-order valence-electron chi connectivity index (χ4n) is 3.38. The van der Waals surface area contributed by atoms with Gasteiger partial charge >= 0.3 is 5.97 Å². The molecular weight excluding hydrogens is 290 g/mol. The van der Waals surface area contributed by atoms with Gasteiger partial charge in [0.25, 0.3) is 0 Å². The van der Waals surface area contributed by atoms with Crippen molar-refractivity contribution in [3.8, 4) is 5.75 Å². The second-order valence-electron chi connectivity index (χ2n) is 5.84. The van der Waals surface area contributed by atoms with Gasteiger partial charge in [0.1, 0.15) is 12.4 Å². The molecule has 116 valence electrons. The first-order valence-electron chi connectivity index (χ1n) is 7.79.